The number of ether oxygens (including phenoxy) is 4. The van der Waals surface area contributed by atoms with E-state index in [1.807, 2.05) is 6.92 Å². The fourth-order valence-electron chi connectivity index (χ4n) is 9.63. The lowest BCUT2D eigenvalue weighted by molar-refractivity contribution is -0.334. The topological polar surface area (TPSA) is 175 Å². The van der Waals surface area contributed by atoms with E-state index in [-0.39, 0.29) is 44.1 Å². The van der Waals surface area contributed by atoms with Crippen LogP contribution in [0.5, 0.6) is 0 Å². The van der Waals surface area contributed by atoms with Crippen molar-refractivity contribution in [2.75, 3.05) is 13.7 Å². The molecular formula is C29H44O11. The van der Waals surface area contributed by atoms with E-state index in [9.17, 15) is 35.4 Å². The van der Waals surface area contributed by atoms with Crippen molar-refractivity contribution in [1.82, 2.24) is 0 Å². The Labute approximate surface area is 234 Å². The van der Waals surface area contributed by atoms with Gasteiger partial charge in [-0.1, -0.05) is 6.92 Å². The SMILES string of the molecule is CO[C@H]1[C@H](O[C@H]2CC[C@]3(O)[C@H]4C[C@@H](O)[C@]5(C)[C@@H](C6=CC(=O)OC6)CC[C@]5(O)[C@@H]4CC[C@]3(O)C2)O[C@H](C)[C@@H](O)[C@H]1O. The number of aliphatic hydroxyl groups excluding tert-OH is 3. The molecule has 0 aromatic rings. The minimum absolute atomic E-state index is 0.122. The van der Waals surface area contributed by atoms with Crippen LogP contribution in [0.1, 0.15) is 65.2 Å². The molecule has 0 unspecified atom stereocenters. The Morgan fingerprint density at radius 2 is 1.70 bits per heavy atom. The van der Waals surface area contributed by atoms with Gasteiger partial charge in [-0.3, -0.25) is 0 Å². The van der Waals surface area contributed by atoms with Gasteiger partial charge >= 0.3 is 5.97 Å². The fraction of sp³-hybridized carbons (Fsp3) is 0.897. The van der Waals surface area contributed by atoms with E-state index in [0.29, 0.717) is 25.7 Å². The second-order valence-corrected chi connectivity index (χ2v) is 13.5. The number of hydrogen-bond acceptors (Lipinski definition) is 11. The highest BCUT2D eigenvalue weighted by atomic mass is 16.7. The van der Waals surface area contributed by atoms with Gasteiger partial charge in [0.1, 0.15) is 24.9 Å². The first-order valence-corrected chi connectivity index (χ1v) is 14.7. The van der Waals surface area contributed by atoms with Crippen LogP contribution in [0, 0.1) is 23.2 Å². The lowest BCUT2D eigenvalue weighted by Crippen LogP contribution is -2.74. The second-order valence-electron chi connectivity index (χ2n) is 13.5. The van der Waals surface area contributed by atoms with E-state index in [4.69, 9.17) is 18.9 Å². The van der Waals surface area contributed by atoms with Gasteiger partial charge in [-0.05, 0) is 75.2 Å². The molecule has 4 aliphatic carbocycles. The number of esters is 1. The molecule has 0 radical (unpaired) electrons. The summed E-state index contributed by atoms with van der Waals surface area (Å²) in [7, 11) is 1.40. The quantitative estimate of drug-likeness (QED) is 0.198. The Hall–Kier alpha value is -1.15. The number of carbonyl (C=O) groups is 1. The van der Waals surface area contributed by atoms with E-state index in [1.54, 1.807) is 6.92 Å². The van der Waals surface area contributed by atoms with Gasteiger partial charge in [-0.2, -0.15) is 0 Å². The minimum atomic E-state index is -1.53. The van der Waals surface area contributed by atoms with Crippen LogP contribution in [0.2, 0.25) is 0 Å². The van der Waals surface area contributed by atoms with E-state index < -0.39 is 77.0 Å². The highest BCUT2D eigenvalue weighted by molar-refractivity contribution is 5.85. The van der Waals surface area contributed by atoms with Crippen molar-refractivity contribution in [3.63, 3.8) is 0 Å². The summed E-state index contributed by atoms with van der Waals surface area (Å²) < 4.78 is 22.5. The molecule has 6 N–H and O–H groups in total. The summed E-state index contributed by atoms with van der Waals surface area (Å²) >= 11 is 0. The third-order valence-corrected chi connectivity index (χ3v) is 12.0. The Bertz CT molecular complexity index is 1050. The predicted molar refractivity (Wildman–Crippen MR) is 137 cm³/mol. The van der Waals surface area contributed by atoms with Crippen LogP contribution < -0.4 is 0 Å². The van der Waals surface area contributed by atoms with Crippen LogP contribution >= 0.6 is 0 Å². The van der Waals surface area contributed by atoms with Crippen molar-refractivity contribution >= 4 is 5.97 Å². The van der Waals surface area contributed by atoms with Crippen LogP contribution in [0.4, 0.5) is 0 Å². The molecule has 226 valence electrons. The maximum atomic E-state index is 12.3. The van der Waals surface area contributed by atoms with Crippen LogP contribution in [-0.4, -0.2) is 110 Å². The van der Waals surface area contributed by atoms with Crippen molar-refractivity contribution in [2.24, 2.45) is 23.2 Å². The van der Waals surface area contributed by atoms with Gasteiger partial charge in [-0.25, -0.2) is 4.79 Å². The molecule has 11 heteroatoms. The van der Waals surface area contributed by atoms with Gasteiger partial charge < -0.3 is 49.6 Å². The molecule has 14 atom stereocenters. The van der Waals surface area contributed by atoms with Crippen molar-refractivity contribution in [1.29, 1.82) is 0 Å². The van der Waals surface area contributed by atoms with Crippen molar-refractivity contribution in [2.45, 2.75) is 125 Å². The largest absolute Gasteiger partial charge is 0.458 e. The number of hydrogen-bond donors (Lipinski definition) is 6. The highest BCUT2D eigenvalue weighted by Gasteiger charge is 2.73. The molecule has 1 saturated heterocycles. The molecule has 6 rings (SSSR count). The zero-order valence-electron chi connectivity index (χ0n) is 23.4. The second kappa shape index (κ2) is 9.68. The molecule has 0 bridgehead atoms. The van der Waals surface area contributed by atoms with Crippen LogP contribution in [0.15, 0.2) is 11.6 Å². The first kappa shape index (κ1) is 28.9. The Morgan fingerprint density at radius 3 is 2.38 bits per heavy atom. The number of methoxy groups -OCH3 is 1. The van der Waals surface area contributed by atoms with Gasteiger partial charge in [0.25, 0.3) is 0 Å². The maximum Gasteiger partial charge on any atom is 0.331 e. The number of fused-ring (bicyclic) bond motifs is 5. The summed E-state index contributed by atoms with van der Waals surface area (Å²) in [5, 5.41) is 68.7. The molecule has 5 fully saturated rings. The van der Waals surface area contributed by atoms with Crippen molar-refractivity contribution in [3.05, 3.63) is 11.6 Å². The molecule has 11 nitrogen and oxygen atoms in total. The minimum Gasteiger partial charge on any atom is -0.458 e. The average Bonchev–Trinajstić information content (AvgIpc) is 3.45. The molecule has 0 spiro atoms. The third kappa shape index (κ3) is 3.85. The summed E-state index contributed by atoms with van der Waals surface area (Å²) in [6.45, 7) is 3.71. The lowest BCUT2D eigenvalue weighted by Gasteiger charge is -2.66. The average molecular weight is 569 g/mol. The number of aliphatic hydroxyl groups is 6. The van der Waals surface area contributed by atoms with Gasteiger partial charge in [0, 0.05) is 25.0 Å². The van der Waals surface area contributed by atoms with Gasteiger partial charge in [0.2, 0.25) is 0 Å². The fourth-order valence-corrected chi connectivity index (χ4v) is 9.63. The van der Waals surface area contributed by atoms with E-state index >= 15 is 0 Å². The van der Waals surface area contributed by atoms with Crippen molar-refractivity contribution in [3.8, 4) is 0 Å². The van der Waals surface area contributed by atoms with E-state index in [0.717, 1.165) is 5.57 Å². The lowest BCUT2D eigenvalue weighted by atomic mass is 9.44. The molecule has 4 saturated carbocycles. The standard InChI is InChI=1S/C29H44O11/c1-14-22(32)23(33)24(37-3)25(39-14)40-16-4-8-29(36)19-11-20(30)26(2)17(15-10-21(31)38-13-15)6-9-28(26,35)18(19)5-7-27(29,34)12-16/h10,14,16-20,22-25,30,32-36H,4-9,11-13H2,1-3H3/t14-,16+,17-,18-,19+,20-,22-,23-,24-,25+,26+,27+,28+,29+/m1/s1. The van der Waals surface area contributed by atoms with E-state index in [2.05, 4.69) is 0 Å². The Kier molecular flexibility index (Phi) is 7.01. The summed E-state index contributed by atoms with van der Waals surface area (Å²) in [6.07, 6.45) is -2.11. The van der Waals surface area contributed by atoms with Crippen LogP contribution in [0.3, 0.4) is 0 Å². The highest BCUT2D eigenvalue weighted by Crippen LogP contribution is 2.68. The maximum absolute atomic E-state index is 12.3. The zero-order valence-corrected chi connectivity index (χ0v) is 23.4. The molecule has 2 aliphatic heterocycles. The molecule has 6 aliphatic rings. The molecule has 0 aromatic carbocycles. The summed E-state index contributed by atoms with van der Waals surface area (Å²) in [5.74, 6) is -1.46. The van der Waals surface area contributed by atoms with Crippen LogP contribution in [0.25, 0.3) is 0 Å². The summed E-state index contributed by atoms with van der Waals surface area (Å²) in [4.78, 5) is 11.8. The number of carbonyl (C=O) groups excluding carboxylic acids is 1. The van der Waals surface area contributed by atoms with Gasteiger partial charge in [-0.15, -0.1) is 0 Å². The van der Waals surface area contributed by atoms with Crippen molar-refractivity contribution < 1.29 is 54.4 Å². The Morgan fingerprint density at radius 1 is 0.975 bits per heavy atom. The van der Waals surface area contributed by atoms with E-state index in [1.165, 1.54) is 13.2 Å². The monoisotopic (exact) mass is 568 g/mol. The smallest absolute Gasteiger partial charge is 0.331 e. The normalized spacial score (nSPS) is 56.1. The molecule has 40 heavy (non-hydrogen) atoms. The first-order chi connectivity index (χ1) is 18.8. The molecule has 2 heterocycles. The molecule has 0 aromatic heterocycles. The van der Waals surface area contributed by atoms with Crippen LogP contribution in [-0.2, 0) is 23.7 Å². The first-order valence-electron chi connectivity index (χ1n) is 14.7. The third-order valence-electron chi connectivity index (χ3n) is 12.0. The van der Waals surface area contributed by atoms with Gasteiger partial charge in [0.15, 0.2) is 6.29 Å². The zero-order chi connectivity index (χ0) is 28.8. The number of cyclic esters (lactones) is 1. The van der Waals surface area contributed by atoms with Gasteiger partial charge in [0.05, 0.1) is 35.1 Å². The summed E-state index contributed by atoms with van der Waals surface area (Å²) in [6, 6.07) is 0. The predicted octanol–water partition coefficient (Wildman–Crippen LogP) is -0.0793. The molecular weight excluding hydrogens is 524 g/mol. The Balaban J connectivity index is 1.22. The summed E-state index contributed by atoms with van der Waals surface area (Å²) in [5.41, 5.74) is -4.42. The molecule has 0 amide bonds. The number of rotatable bonds is 4.